The summed E-state index contributed by atoms with van der Waals surface area (Å²) in [6, 6.07) is 0.545. The van der Waals surface area contributed by atoms with Crippen LogP contribution in [-0.2, 0) is 4.79 Å². The van der Waals surface area contributed by atoms with E-state index in [4.69, 9.17) is 0 Å². The lowest BCUT2D eigenvalue weighted by atomic mass is 10.3. The molecule has 0 heterocycles. The molecule has 3 heteroatoms. The molecule has 0 aromatic carbocycles. The highest BCUT2D eigenvalue weighted by Gasteiger charge is 2.01. The molecule has 0 fully saturated rings. The Morgan fingerprint density at radius 3 is 2.55 bits per heavy atom. The van der Waals surface area contributed by atoms with E-state index in [1.54, 1.807) is 0 Å². The maximum atomic E-state index is 10.5. The summed E-state index contributed by atoms with van der Waals surface area (Å²) < 4.78 is 0. The molecule has 1 N–H and O–H groups in total. The largest absolute Gasteiger partial charge is 0.355 e. The van der Waals surface area contributed by atoms with Crippen LogP contribution in [0.1, 0.15) is 22.2 Å². The first-order valence-corrected chi connectivity index (χ1v) is 3.98. The van der Waals surface area contributed by atoms with E-state index in [-0.39, 0.29) is 7.33 Å². The van der Waals surface area contributed by atoms with Crippen molar-refractivity contribution >= 4 is 5.91 Å². The predicted molar refractivity (Wildman–Crippen MR) is 48.6 cm³/mol. The third-order valence-electron chi connectivity index (χ3n) is 1.72. The number of amides is 1. The summed E-state index contributed by atoms with van der Waals surface area (Å²) in [5.41, 5.74) is 0. The molecule has 0 aromatic rings. The number of likely N-dealkylation sites (N-methyl/N-ethyl adjacent to an activating group) is 1. The SMILES string of the molecule is CC(=O)NCCN(C)C(C)C.[HH]. The minimum atomic E-state index is 0. The molecule has 0 rings (SSSR count). The van der Waals surface area contributed by atoms with Gasteiger partial charge in [0.1, 0.15) is 0 Å². The van der Waals surface area contributed by atoms with Gasteiger partial charge in [-0.3, -0.25) is 4.79 Å². The summed E-state index contributed by atoms with van der Waals surface area (Å²) in [7, 11) is 2.05. The standard InChI is InChI=1S/C8H18N2O.H2/c1-7(2)10(4)6-5-9-8(3)11;/h7H,5-6H2,1-4H3,(H,9,11);1H. The van der Waals surface area contributed by atoms with Gasteiger partial charge in [0.05, 0.1) is 0 Å². The van der Waals surface area contributed by atoms with Crippen LogP contribution in [0.3, 0.4) is 0 Å². The van der Waals surface area contributed by atoms with Crippen molar-refractivity contribution in [2.24, 2.45) is 0 Å². The topological polar surface area (TPSA) is 32.3 Å². The van der Waals surface area contributed by atoms with Gasteiger partial charge in [-0.05, 0) is 20.9 Å². The van der Waals surface area contributed by atoms with Gasteiger partial charge in [-0.2, -0.15) is 0 Å². The molecule has 0 saturated heterocycles. The molecule has 11 heavy (non-hydrogen) atoms. The van der Waals surface area contributed by atoms with Crippen molar-refractivity contribution < 1.29 is 6.22 Å². The van der Waals surface area contributed by atoms with Gasteiger partial charge in [0.2, 0.25) is 5.91 Å². The first kappa shape index (κ1) is 10.4. The van der Waals surface area contributed by atoms with Gasteiger partial charge in [0.15, 0.2) is 0 Å². The molecular formula is C8H20N2O. The monoisotopic (exact) mass is 160 g/mol. The van der Waals surface area contributed by atoms with Crippen molar-refractivity contribution in [3.63, 3.8) is 0 Å². The number of rotatable bonds is 4. The summed E-state index contributed by atoms with van der Waals surface area (Å²) in [6.45, 7) is 7.46. The van der Waals surface area contributed by atoms with Crippen LogP contribution in [0.5, 0.6) is 0 Å². The van der Waals surface area contributed by atoms with E-state index >= 15 is 0 Å². The lowest BCUT2D eigenvalue weighted by Gasteiger charge is -2.20. The summed E-state index contributed by atoms with van der Waals surface area (Å²) in [5.74, 6) is 0.0437. The number of nitrogens with zero attached hydrogens (tertiary/aromatic N) is 1. The Bertz CT molecular complexity index is 128. The van der Waals surface area contributed by atoms with Crippen molar-refractivity contribution in [2.75, 3.05) is 20.1 Å². The molecule has 0 unspecified atom stereocenters. The quantitative estimate of drug-likeness (QED) is 0.657. The van der Waals surface area contributed by atoms with Crippen LogP contribution in [-0.4, -0.2) is 37.0 Å². The second-order valence-electron chi connectivity index (χ2n) is 3.06. The molecular weight excluding hydrogens is 140 g/mol. The van der Waals surface area contributed by atoms with Crippen molar-refractivity contribution in [3.8, 4) is 0 Å². The fraction of sp³-hybridized carbons (Fsp3) is 0.875. The number of carbonyl (C=O) groups excluding carboxylic acids is 1. The Hall–Kier alpha value is -0.570. The smallest absolute Gasteiger partial charge is 0.216 e. The first-order valence-electron chi connectivity index (χ1n) is 3.98. The molecule has 0 aromatic heterocycles. The lowest BCUT2D eigenvalue weighted by Crippen LogP contribution is -2.35. The molecule has 68 valence electrons. The van der Waals surface area contributed by atoms with Crippen LogP contribution in [0.2, 0.25) is 0 Å². The first-order chi connectivity index (χ1) is 5.04. The molecule has 0 spiro atoms. The average molecular weight is 160 g/mol. The molecule has 0 radical (unpaired) electrons. The summed E-state index contributed by atoms with van der Waals surface area (Å²) in [5, 5.41) is 2.75. The molecule has 0 atom stereocenters. The molecule has 3 nitrogen and oxygen atoms in total. The Balaban J connectivity index is 0. The second kappa shape index (κ2) is 5.13. The molecule has 0 saturated carbocycles. The van der Waals surface area contributed by atoms with E-state index in [1.165, 1.54) is 6.92 Å². The molecule has 0 aliphatic carbocycles. The van der Waals surface area contributed by atoms with Gasteiger partial charge < -0.3 is 10.2 Å². The van der Waals surface area contributed by atoms with Crippen LogP contribution < -0.4 is 5.32 Å². The van der Waals surface area contributed by atoms with Gasteiger partial charge in [-0.1, -0.05) is 0 Å². The van der Waals surface area contributed by atoms with Crippen molar-refractivity contribution in [2.45, 2.75) is 26.8 Å². The Morgan fingerprint density at radius 2 is 2.18 bits per heavy atom. The zero-order valence-corrected chi connectivity index (χ0v) is 7.85. The van der Waals surface area contributed by atoms with Crippen LogP contribution in [0.4, 0.5) is 0 Å². The molecule has 0 bridgehead atoms. The van der Waals surface area contributed by atoms with Crippen molar-refractivity contribution in [1.82, 2.24) is 10.2 Å². The van der Waals surface area contributed by atoms with Gasteiger partial charge >= 0.3 is 0 Å². The van der Waals surface area contributed by atoms with E-state index in [1.807, 2.05) is 7.05 Å². The van der Waals surface area contributed by atoms with Crippen LogP contribution in [0, 0.1) is 0 Å². The van der Waals surface area contributed by atoms with Crippen LogP contribution >= 0.6 is 0 Å². The molecule has 0 aliphatic rings. The fourth-order valence-corrected chi connectivity index (χ4v) is 0.666. The minimum Gasteiger partial charge on any atom is -0.355 e. The maximum absolute atomic E-state index is 10.5. The van der Waals surface area contributed by atoms with Crippen LogP contribution in [0.15, 0.2) is 0 Å². The Morgan fingerprint density at radius 1 is 1.64 bits per heavy atom. The maximum Gasteiger partial charge on any atom is 0.216 e. The van der Waals surface area contributed by atoms with E-state index < -0.39 is 0 Å². The minimum absolute atomic E-state index is 0. The van der Waals surface area contributed by atoms with E-state index in [9.17, 15) is 4.79 Å². The van der Waals surface area contributed by atoms with Gasteiger partial charge in [-0.25, -0.2) is 0 Å². The number of hydrogen-bond donors (Lipinski definition) is 1. The predicted octanol–water partition coefficient (Wildman–Crippen LogP) is 0.709. The van der Waals surface area contributed by atoms with Gasteiger partial charge in [0.25, 0.3) is 0 Å². The number of nitrogens with one attached hydrogen (secondary N) is 1. The third kappa shape index (κ3) is 5.85. The molecule has 0 aliphatic heterocycles. The zero-order valence-electron chi connectivity index (χ0n) is 7.85. The fourth-order valence-electron chi connectivity index (χ4n) is 0.666. The Kier molecular flexibility index (Phi) is 4.86. The van der Waals surface area contributed by atoms with E-state index in [0.29, 0.717) is 6.04 Å². The molecule has 1 amide bonds. The number of hydrogen-bond acceptors (Lipinski definition) is 2. The average Bonchev–Trinajstić information content (AvgIpc) is 1.86. The second-order valence-corrected chi connectivity index (χ2v) is 3.06. The lowest BCUT2D eigenvalue weighted by molar-refractivity contribution is -0.119. The summed E-state index contributed by atoms with van der Waals surface area (Å²) in [4.78, 5) is 12.7. The Labute approximate surface area is 70.2 Å². The zero-order chi connectivity index (χ0) is 8.85. The van der Waals surface area contributed by atoms with E-state index in [2.05, 4.69) is 24.1 Å². The highest BCUT2D eigenvalue weighted by molar-refractivity contribution is 5.72. The van der Waals surface area contributed by atoms with Gasteiger partial charge in [0, 0.05) is 27.5 Å². The van der Waals surface area contributed by atoms with E-state index in [0.717, 1.165) is 13.1 Å². The van der Waals surface area contributed by atoms with Crippen LogP contribution in [0.25, 0.3) is 0 Å². The highest BCUT2D eigenvalue weighted by Crippen LogP contribution is 1.90. The highest BCUT2D eigenvalue weighted by atomic mass is 16.1. The normalized spacial score (nSPS) is 10.7. The summed E-state index contributed by atoms with van der Waals surface area (Å²) in [6.07, 6.45) is 0. The summed E-state index contributed by atoms with van der Waals surface area (Å²) >= 11 is 0. The third-order valence-corrected chi connectivity index (χ3v) is 1.72. The van der Waals surface area contributed by atoms with Crippen molar-refractivity contribution in [3.05, 3.63) is 0 Å². The number of carbonyl (C=O) groups is 1. The van der Waals surface area contributed by atoms with Gasteiger partial charge in [-0.15, -0.1) is 0 Å². The van der Waals surface area contributed by atoms with Crippen molar-refractivity contribution in [1.29, 1.82) is 0 Å².